The Morgan fingerprint density at radius 3 is 2.82 bits per heavy atom. The molecule has 2 aromatic heterocycles. The Balaban J connectivity index is 1.39. The number of anilines is 1. The van der Waals surface area contributed by atoms with Crippen LogP contribution in [0.5, 0.6) is 5.75 Å². The molecule has 0 saturated carbocycles. The summed E-state index contributed by atoms with van der Waals surface area (Å²) in [6.07, 6.45) is 3.78. The third kappa shape index (κ3) is 3.61. The van der Waals surface area contributed by atoms with Crippen LogP contribution in [0.1, 0.15) is 36.4 Å². The number of nitrogens with zero attached hydrogens (tertiary/aromatic N) is 3. The largest absolute Gasteiger partial charge is 0.489 e. The molecule has 6 rings (SSSR count). The van der Waals surface area contributed by atoms with Crippen LogP contribution in [-0.2, 0) is 11.4 Å². The maximum Gasteiger partial charge on any atom is 0.227 e. The van der Waals surface area contributed by atoms with E-state index >= 15 is 0 Å². The van der Waals surface area contributed by atoms with Gasteiger partial charge in [0.1, 0.15) is 18.4 Å². The van der Waals surface area contributed by atoms with Crippen LogP contribution in [0.25, 0.3) is 11.6 Å². The van der Waals surface area contributed by atoms with Gasteiger partial charge in [0.25, 0.3) is 0 Å². The minimum atomic E-state index is -0.375. The van der Waals surface area contributed by atoms with Crippen molar-refractivity contribution in [3.63, 3.8) is 0 Å². The van der Waals surface area contributed by atoms with E-state index in [-0.39, 0.29) is 11.8 Å². The Morgan fingerprint density at radius 1 is 1.06 bits per heavy atom. The molecule has 4 aromatic rings. The van der Waals surface area contributed by atoms with E-state index in [2.05, 4.69) is 10.3 Å². The number of ether oxygens (including phenoxy) is 1. The third-order valence-electron chi connectivity index (χ3n) is 6.03. The second kappa shape index (κ2) is 8.09. The van der Waals surface area contributed by atoms with Crippen molar-refractivity contribution in [3.8, 4) is 17.3 Å². The van der Waals surface area contributed by atoms with E-state index < -0.39 is 0 Å². The molecule has 0 spiro atoms. The lowest BCUT2D eigenvalue weighted by Crippen LogP contribution is -2.31. The van der Waals surface area contributed by atoms with Gasteiger partial charge in [-0.2, -0.15) is 4.98 Å². The Hall–Kier alpha value is -4.13. The number of hydrogen-bond acceptors (Lipinski definition) is 6. The first kappa shape index (κ1) is 19.5. The number of carbonyl (C=O) groups is 1. The fourth-order valence-electron chi connectivity index (χ4n) is 4.49. The lowest BCUT2D eigenvalue weighted by atomic mass is 9.85. The fourth-order valence-corrected chi connectivity index (χ4v) is 4.49. The monoisotopic (exact) mass is 438 g/mol. The summed E-state index contributed by atoms with van der Waals surface area (Å²) in [6, 6.07) is 21.2. The molecule has 0 saturated heterocycles. The molecule has 2 aromatic carbocycles. The Morgan fingerprint density at radius 2 is 1.97 bits per heavy atom. The van der Waals surface area contributed by atoms with Crippen molar-refractivity contribution in [2.75, 3.05) is 5.32 Å². The number of benzene rings is 2. The van der Waals surface area contributed by atoms with Gasteiger partial charge in [-0.25, -0.2) is 4.68 Å². The lowest BCUT2D eigenvalue weighted by molar-refractivity contribution is -0.116. The van der Waals surface area contributed by atoms with Crippen molar-refractivity contribution < 1.29 is 13.9 Å². The lowest BCUT2D eigenvalue weighted by Gasteiger charge is -2.32. The van der Waals surface area contributed by atoms with Crippen LogP contribution in [0.2, 0.25) is 0 Å². The zero-order chi connectivity index (χ0) is 22.2. The minimum Gasteiger partial charge on any atom is -0.489 e. The molecule has 1 atom stereocenters. The summed E-state index contributed by atoms with van der Waals surface area (Å²) in [4.78, 5) is 17.7. The summed E-state index contributed by atoms with van der Waals surface area (Å²) in [6.45, 7) is 0.473. The molecule has 1 aliphatic heterocycles. The van der Waals surface area contributed by atoms with Gasteiger partial charge in [0.2, 0.25) is 11.8 Å². The van der Waals surface area contributed by atoms with Crippen LogP contribution in [0.3, 0.4) is 0 Å². The smallest absolute Gasteiger partial charge is 0.227 e. The summed E-state index contributed by atoms with van der Waals surface area (Å²) in [7, 11) is 0. The van der Waals surface area contributed by atoms with E-state index in [9.17, 15) is 4.79 Å². The van der Waals surface area contributed by atoms with Gasteiger partial charge in [-0.15, -0.1) is 5.10 Å². The first-order chi connectivity index (χ1) is 16.3. The highest BCUT2D eigenvalue weighted by atomic mass is 16.5. The molecular weight excluding hydrogens is 416 g/mol. The molecule has 1 N–H and O–H groups in total. The van der Waals surface area contributed by atoms with Crippen molar-refractivity contribution in [1.29, 1.82) is 0 Å². The molecule has 0 radical (unpaired) electrons. The molecule has 7 heteroatoms. The molecular formula is C26H22N4O3. The highest BCUT2D eigenvalue weighted by molar-refractivity contribution is 5.99. The molecule has 0 bridgehead atoms. The van der Waals surface area contributed by atoms with Gasteiger partial charge >= 0.3 is 0 Å². The predicted molar refractivity (Wildman–Crippen MR) is 123 cm³/mol. The minimum absolute atomic E-state index is 0.144. The van der Waals surface area contributed by atoms with Gasteiger partial charge < -0.3 is 14.5 Å². The van der Waals surface area contributed by atoms with Crippen LogP contribution >= 0.6 is 0 Å². The molecule has 164 valence electrons. The first-order valence-electron chi connectivity index (χ1n) is 11.1. The van der Waals surface area contributed by atoms with Crippen molar-refractivity contribution in [1.82, 2.24) is 14.8 Å². The van der Waals surface area contributed by atoms with Crippen molar-refractivity contribution in [3.05, 3.63) is 95.4 Å². The first-order valence-corrected chi connectivity index (χ1v) is 11.1. The van der Waals surface area contributed by atoms with Crippen molar-refractivity contribution in [2.45, 2.75) is 31.9 Å². The zero-order valence-electron chi connectivity index (χ0n) is 17.9. The number of aromatic nitrogens is 3. The number of allylic oxidation sites excluding steroid dienone is 2. The molecule has 7 nitrogen and oxygen atoms in total. The molecule has 2 aliphatic rings. The molecule has 1 aliphatic carbocycles. The Kier molecular flexibility index (Phi) is 4.79. The van der Waals surface area contributed by atoms with E-state index in [4.69, 9.17) is 14.3 Å². The molecule has 0 amide bonds. The van der Waals surface area contributed by atoms with Gasteiger partial charge in [-0.1, -0.05) is 42.5 Å². The average molecular weight is 438 g/mol. The predicted octanol–water partition coefficient (Wildman–Crippen LogP) is 5.14. The molecule has 0 fully saturated rings. The van der Waals surface area contributed by atoms with Crippen LogP contribution in [-0.4, -0.2) is 20.5 Å². The van der Waals surface area contributed by atoms with E-state index in [1.54, 1.807) is 17.0 Å². The zero-order valence-corrected chi connectivity index (χ0v) is 17.9. The third-order valence-corrected chi connectivity index (χ3v) is 6.03. The number of furan rings is 1. The molecule has 33 heavy (non-hydrogen) atoms. The summed E-state index contributed by atoms with van der Waals surface area (Å²) < 4.78 is 13.4. The highest BCUT2D eigenvalue weighted by Gasteiger charge is 2.37. The Labute approximate surface area is 190 Å². The fraction of sp³-hybridized carbons (Fsp3) is 0.192. The van der Waals surface area contributed by atoms with Crippen LogP contribution in [0.15, 0.2) is 88.7 Å². The second-order valence-electron chi connectivity index (χ2n) is 8.22. The van der Waals surface area contributed by atoms with E-state index in [1.165, 1.54) is 0 Å². The number of Topliss-reactive ketones (excluding diaryl/α,β-unsaturated/α-hetero) is 1. The van der Waals surface area contributed by atoms with Crippen LogP contribution in [0, 0.1) is 0 Å². The van der Waals surface area contributed by atoms with Gasteiger partial charge in [0.05, 0.1) is 6.26 Å². The maximum atomic E-state index is 13.0. The summed E-state index contributed by atoms with van der Waals surface area (Å²) in [5, 5.41) is 8.07. The maximum absolute atomic E-state index is 13.0. The van der Waals surface area contributed by atoms with E-state index in [0.29, 0.717) is 30.6 Å². The number of hydrogen-bond donors (Lipinski definition) is 1. The quantitative estimate of drug-likeness (QED) is 0.465. The number of rotatable bonds is 5. The summed E-state index contributed by atoms with van der Waals surface area (Å²) in [5.74, 6) is 2.56. The number of carbonyl (C=O) groups excluding carboxylic acids is 1. The van der Waals surface area contributed by atoms with E-state index in [0.717, 1.165) is 41.0 Å². The SMILES string of the molecule is O=C1CCCC2=C1C(c1cccc(OCc3ccccc3)c1)n1nc(-c3ccco3)nc1N2. The van der Waals surface area contributed by atoms with Crippen LogP contribution < -0.4 is 10.1 Å². The molecule has 3 heterocycles. The number of nitrogens with one attached hydrogen (secondary N) is 1. The number of ketones is 1. The van der Waals surface area contributed by atoms with Gasteiger partial charge in [-0.05, 0) is 48.2 Å². The number of fused-ring (bicyclic) bond motifs is 1. The summed E-state index contributed by atoms with van der Waals surface area (Å²) in [5.41, 5.74) is 3.71. The van der Waals surface area contributed by atoms with Gasteiger partial charge in [-0.3, -0.25) is 4.79 Å². The van der Waals surface area contributed by atoms with Crippen molar-refractivity contribution >= 4 is 11.7 Å². The summed E-state index contributed by atoms with van der Waals surface area (Å²) >= 11 is 0. The van der Waals surface area contributed by atoms with Gasteiger partial charge in [0.15, 0.2) is 11.5 Å². The van der Waals surface area contributed by atoms with Crippen LogP contribution in [0.4, 0.5) is 5.95 Å². The normalized spacial score (nSPS) is 17.3. The Bertz CT molecular complexity index is 1340. The highest BCUT2D eigenvalue weighted by Crippen LogP contribution is 2.41. The second-order valence-corrected chi connectivity index (χ2v) is 8.22. The average Bonchev–Trinajstić information content (AvgIpc) is 3.52. The van der Waals surface area contributed by atoms with E-state index in [1.807, 2.05) is 60.7 Å². The standard InChI is InChI=1S/C26H22N4O3/c31-21-12-5-11-20-23(21)24(30-26(27-20)28-25(29-30)22-13-6-14-32-22)18-9-4-10-19(15-18)33-16-17-7-2-1-3-8-17/h1-4,6-10,13-15,24H,5,11-12,16H2,(H,27,28,29). The topological polar surface area (TPSA) is 82.2 Å². The van der Waals surface area contributed by atoms with Gasteiger partial charge in [0, 0.05) is 17.7 Å². The van der Waals surface area contributed by atoms with Crippen molar-refractivity contribution in [2.24, 2.45) is 0 Å². The molecule has 1 unspecified atom stereocenters.